The molecule has 0 saturated heterocycles. The lowest BCUT2D eigenvalue weighted by atomic mass is 9.98. The molecule has 0 spiro atoms. The quantitative estimate of drug-likeness (QED) is 0.854. The Kier molecular flexibility index (Phi) is 4.59. The Labute approximate surface area is 115 Å². The summed E-state index contributed by atoms with van der Waals surface area (Å²) in [6, 6.07) is 8.25. The smallest absolute Gasteiger partial charge is 0.220 e. The minimum absolute atomic E-state index is 0.0532. The molecule has 1 amide bonds. The van der Waals surface area contributed by atoms with Gasteiger partial charge in [0.15, 0.2) is 0 Å². The third-order valence-electron chi connectivity index (χ3n) is 3.99. The molecule has 3 nitrogen and oxygen atoms in total. The summed E-state index contributed by atoms with van der Waals surface area (Å²) < 4.78 is 0. The van der Waals surface area contributed by atoms with Gasteiger partial charge >= 0.3 is 0 Å². The summed E-state index contributed by atoms with van der Waals surface area (Å²) in [5, 5.41) is 12.5. The number of carbonyl (C=O) groups excluding carboxylic acids is 1. The summed E-state index contributed by atoms with van der Waals surface area (Å²) in [7, 11) is 0. The Hall–Kier alpha value is -1.35. The summed E-state index contributed by atoms with van der Waals surface area (Å²) in [4.78, 5) is 12.0. The minimum Gasteiger partial charge on any atom is -0.394 e. The summed E-state index contributed by atoms with van der Waals surface area (Å²) >= 11 is 0. The number of benzene rings is 1. The number of aryl methyl sites for hydroxylation is 2. The largest absolute Gasteiger partial charge is 0.394 e. The van der Waals surface area contributed by atoms with Gasteiger partial charge in [-0.15, -0.1) is 0 Å². The highest BCUT2D eigenvalue weighted by atomic mass is 16.3. The van der Waals surface area contributed by atoms with Crippen LogP contribution in [0.1, 0.15) is 43.2 Å². The highest BCUT2D eigenvalue weighted by Gasteiger charge is 2.34. The van der Waals surface area contributed by atoms with E-state index in [9.17, 15) is 9.90 Å². The van der Waals surface area contributed by atoms with E-state index in [-0.39, 0.29) is 18.1 Å². The zero-order chi connectivity index (χ0) is 13.7. The lowest BCUT2D eigenvalue weighted by Gasteiger charge is -2.28. The molecule has 0 bridgehead atoms. The highest BCUT2D eigenvalue weighted by Crippen LogP contribution is 2.29. The predicted octanol–water partition coefficient (Wildman–Crippen LogP) is 2.35. The van der Waals surface area contributed by atoms with Gasteiger partial charge in [0.1, 0.15) is 0 Å². The van der Waals surface area contributed by atoms with Crippen molar-refractivity contribution in [2.45, 2.75) is 51.0 Å². The Morgan fingerprint density at radius 2 is 2.11 bits per heavy atom. The maximum absolute atomic E-state index is 12.0. The van der Waals surface area contributed by atoms with Crippen molar-refractivity contribution in [1.29, 1.82) is 0 Å². The summed E-state index contributed by atoms with van der Waals surface area (Å²) in [5.41, 5.74) is 2.07. The molecule has 0 unspecified atom stereocenters. The van der Waals surface area contributed by atoms with Gasteiger partial charge in [0.25, 0.3) is 0 Å². The van der Waals surface area contributed by atoms with Crippen LogP contribution in [0.2, 0.25) is 0 Å². The van der Waals surface area contributed by atoms with Crippen LogP contribution < -0.4 is 5.32 Å². The van der Waals surface area contributed by atoms with Crippen LogP contribution in [0.15, 0.2) is 24.3 Å². The minimum atomic E-state index is -0.344. The molecule has 1 saturated carbocycles. The number of rotatable bonds is 5. The van der Waals surface area contributed by atoms with E-state index in [1.165, 1.54) is 11.1 Å². The molecule has 19 heavy (non-hydrogen) atoms. The van der Waals surface area contributed by atoms with Crippen molar-refractivity contribution in [3.05, 3.63) is 35.4 Å². The van der Waals surface area contributed by atoms with Crippen LogP contribution in [0.3, 0.4) is 0 Å². The van der Waals surface area contributed by atoms with Gasteiger partial charge < -0.3 is 10.4 Å². The van der Waals surface area contributed by atoms with E-state index in [1.54, 1.807) is 0 Å². The molecular weight excluding hydrogens is 238 g/mol. The van der Waals surface area contributed by atoms with E-state index in [4.69, 9.17) is 0 Å². The summed E-state index contributed by atoms with van der Waals surface area (Å²) in [5.74, 6) is 0.0532. The predicted molar refractivity (Wildman–Crippen MR) is 75.9 cm³/mol. The monoisotopic (exact) mass is 261 g/mol. The lowest BCUT2D eigenvalue weighted by Crippen LogP contribution is -2.49. The summed E-state index contributed by atoms with van der Waals surface area (Å²) in [6.07, 6.45) is 5.25. The number of hydrogen-bond donors (Lipinski definition) is 2. The molecule has 1 aromatic carbocycles. The van der Waals surface area contributed by atoms with Gasteiger partial charge in [-0.05, 0) is 31.7 Å². The third-order valence-corrected chi connectivity index (χ3v) is 3.99. The molecule has 0 aliphatic heterocycles. The van der Waals surface area contributed by atoms with Gasteiger partial charge in [-0.1, -0.05) is 42.7 Å². The number of nitrogens with one attached hydrogen (secondary N) is 1. The molecule has 0 radical (unpaired) electrons. The van der Waals surface area contributed by atoms with Crippen LogP contribution in [-0.4, -0.2) is 23.2 Å². The van der Waals surface area contributed by atoms with Crippen LogP contribution in [0.4, 0.5) is 0 Å². The third kappa shape index (κ3) is 3.80. The van der Waals surface area contributed by atoms with Gasteiger partial charge in [-0.2, -0.15) is 0 Å². The van der Waals surface area contributed by atoms with E-state index in [0.29, 0.717) is 6.42 Å². The van der Waals surface area contributed by atoms with E-state index in [1.807, 2.05) is 6.07 Å². The Bertz CT molecular complexity index is 436. The van der Waals surface area contributed by atoms with Gasteiger partial charge in [0.05, 0.1) is 12.1 Å². The van der Waals surface area contributed by atoms with E-state index >= 15 is 0 Å². The SMILES string of the molecule is Cc1cccc(CCC(=O)NC2(CO)CCCC2)c1. The van der Waals surface area contributed by atoms with Gasteiger partial charge in [0.2, 0.25) is 5.91 Å². The van der Waals surface area contributed by atoms with Gasteiger partial charge in [-0.3, -0.25) is 4.79 Å². The zero-order valence-corrected chi connectivity index (χ0v) is 11.6. The molecule has 0 heterocycles. The summed E-state index contributed by atoms with van der Waals surface area (Å²) in [6.45, 7) is 2.12. The van der Waals surface area contributed by atoms with E-state index in [0.717, 1.165) is 32.1 Å². The first-order valence-electron chi connectivity index (χ1n) is 7.11. The number of carbonyl (C=O) groups is 1. The fraction of sp³-hybridized carbons (Fsp3) is 0.562. The van der Waals surface area contributed by atoms with Crippen molar-refractivity contribution in [3.8, 4) is 0 Å². The first-order valence-corrected chi connectivity index (χ1v) is 7.11. The Morgan fingerprint density at radius 1 is 1.37 bits per heavy atom. The first-order chi connectivity index (χ1) is 9.13. The second-order valence-electron chi connectivity index (χ2n) is 5.68. The van der Waals surface area contributed by atoms with E-state index < -0.39 is 0 Å². The number of aliphatic hydroxyl groups excluding tert-OH is 1. The van der Waals surface area contributed by atoms with Crippen LogP contribution in [0.25, 0.3) is 0 Å². The van der Waals surface area contributed by atoms with Crippen molar-refractivity contribution in [2.75, 3.05) is 6.61 Å². The lowest BCUT2D eigenvalue weighted by molar-refractivity contribution is -0.123. The van der Waals surface area contributed by atoms with Crippen LogP contribution in [0, 0.1) is 6.92 Å². The van der Waals surface area contributed by atoms with Crippen molar-refractivity contribution in [3.63, 3.8) is 0 Å². The molecule has 1 aromatic rings. The number of hydrogen-bond acceptors (Lipinski definition) is 2. The highest BCUT2D eigenvalue weighted by molar-refractivity contribution is 5.77. The molecule has 2 N–H and O–H groups in total. The molecule has 0 atom stereocenters. The molecule has 1 fully saturated rings. The van der Waals surface area contributed by atoms with Gasteiger partial charge in [-0.25, -0.2) is 0 Å². The second kappa shape index (κ2) is 6.20. The maximum atomic E-state index is 12.0. The van der Waals surface area contributed by atoms with Crippen molar-refractivity contribution >= 4 is 5.91 Å². The normalized spacial score (nSPS) is 17.4. The molecule has 2 rings (SSSR count). The molecular formula is C16H23NO2. The van der Waals surface area contributed by atoms with Crippen molar-refractivity contribution in [2.24, 2.45) is 0 Å². The molecule has 1 aliphatic carbocycles. The first kappa shape index (κ1) is 14.1. The number of aliphatic hydroxyl groups is 1. The van der Waals surface area contributed by atoms with Crippen molar-refractivity contribution < 1.29 is 9.90 Å². The average Bonchev–Trinajstić information content (AvgIpc) is 2.86. The van der Waals surface area contributed by atoms with Crippen LogP contribution in [0.5, 0.6) is 0 Å². The van der Waals surface area contributed by atoms with E-state index in [2.05, 4.69) is 30.4 Å². The molecule has 0 aromatic heterocycles. The maximum Gasteiger partial charge on any atom is 0.220 e. The Morgan fingerprint density at radius 3 is 2.74 bits per heavy atom. The van der Waals surface area contributed by atoms with Gasteiger partial charge in [0, 0.05) is 6.42 Å². The molecule has 1 aliphatic rings. The Balaban J connectivity index is 1.84. The fourth-order valence-corrected chi connectivity index (χ4v) is 2.86. The van der Waals surface area contributed by atoms with Crippen LogP contribution in [-0.2, 0) is 11.2 Å². The topological polar surface area (TPSA) is 49.3 Å². The standard InChI is InChI=1S/C16H23NO2/c1-13-5-4-6-14(11-13)7-8-15(19)17-16(12-18)9-2-3-10-16/h4-6,11,18H,2-3,7-10,12H2,1H3,(H,17,19). The zero-order valence-electron chi connectivity index (χ0n) is 11.6. The average molecular weight is 261 g/mol. The van der Waals surface area contributed by atoms with Crippen molar-refractivity contribution in [1.82, 2.24) is 5.32 Å². The second-order valence-corrected chi connectivity index (χ2v) is 5.68. The molecule has 104 valence electrons. The molecule has 3 heteroatoms. The number of amides is 1. The fourth-order valence-electron chi connectivity index (χ4n) is 2.86. The van der Waals surface area contributed by atoms with Crippen LogP contribution >= 0.6 is 0 Å².